The van der Waals surface area contributed by atoms with Gasteiger partial charge in [0.05, 0.1) is 0 Å². The minimum absolute atomic E-state index is 0.200. The van der Waals surface area contributed by atoms with Crippen molar-refractivity contribution in [3.63, 3.8) is 0 Å². The Morgan fingerprint density at radius 3 is 1.46 bits per heavy atom. The van der Waals surface area contributed by atoms with Crippen molar-refractivity contribution in [1.29, 1.82) is 0 Å². The predicted octanol–water partition coefficient (Wildman–Crippen LogP) is 5.68. The second kappa shape index (κ2) is 6.07. The lowest BCUT2D eigenvalue weighted by molar-refractivity contribution is -0.0523. The van der Waals surface area contributed by atoms with Crippen molar-refractivity contribution >= 4 is 0 Å². The fraction of sp³-hybridized carbons (Fsp3) is 0.385. The van der Waals surface area contributed by atoms with Gasteiger partial charge in [0.1, 0.15) is 0 Å². The lowest BCUT2D eigenvalue weighted by atomic mass is 9.44. The molecule has 4 aliphatic carbocycles. The van der Waals surface area contributed by atoms with E-state index in [9.17, 15) is 0 Å². The molecular weight excluding hydrogens is 312 g/mol. The summed E-state index contributed by atoms with van der Waals surface area (Å²) in [6, 6.07) is 20.9. The van der Waals surface area contributed by atoms with Crippen LogP contribution in [0.1, 0.15) is 49.7 Å². The maximum absolute atomic E-state index is 3.75. The van der Waals surface area contributed by atoms with E-state index in [0.717, 1.165) is 23.0 Å². The summed E-state index contributed by atoms with van der Waals surface area (Å²) in [7, 11) is 0. The first kappa shape index (κ1) is 15.8. The third kappa shape index (κ3) is 2.95. The van der Waals surface area contributed by atoms with Crippen LogP contribution in [0.4, 0.5) is 0 Å². The standard InChI is InChI=1S/C26H24/c1-3-7-21(8-4-1)11-13-25-16-23-15-24(17-25)19-26(18-23,20-25)14-12-22-9-5-2-6-10-22/h1-10,23-24H,15-20H2. The molecule has 26 heavy (non-hydrogen) atoms. The lowest BCUT2D eigenvalue weighted by Gasteiger charge is -2.58. The summed E-state index contributed by atoms with van der Waals surface area (Å²) in [5.41, 5.74) is 2.69. The minimum Gasteiger partial charge on any atom is -0.0910 e. The summed E-state index contributed by atoms with van der Waals surface area (Å²) >= 11 is 0. The summed E-state index contributed by atoms with van der Waals surface area (Å²) in [6.45, 7) is 0. The minimum atomic E-state index is 0.200. The van der Waals surface area contributed by atoms with E-state index in [1.165, 1.54) is 38.5 Å². The molecule has 0 amide bonds. The van der Waals surface area contributed by atoms with Gasteiger partial charge in [-0.3, -0.25) is 0 Å². The molecule has 4 aliphatic rings. The molecule has 0 nitrogen and oxygen atoms in total. The number of rotatable bonds is 0. The third-order valence-corrected chi connectivity index (χ3v) is 6.55. The van der Waals surface area contributed by atoms with Crippen LogP contribution in [0.2, 0.25) is 0 Å². The molecule has 6 rings (SSSR count). The summed E-state index contributed by atoms with van der Waals surface area (Å²) < 4.78 is 0. The summed E-state index contributed by atoms with van der Waals surface area (Å²) in [5.74, 6) is 16.1. The van der Waals surface area contributed by atoms with Crippen molar-refractivity contribution < 1.29 is 0 Å². The molecule has 0 radical (unpaired) electrons. The van der Waals surface area contributed by atoms with E-state index >= 15 is 0 Å². The molecule has 128 valence electrons. The highest BCUT2D eigenvalue weighted by Gasteiger charge is 2.56. The Morgan fingerprint density at radius 2 is 1.04 bits per heavy atom. The van der Waals surface area contributed by atoms with Gasteiger partial charge in [0.2, 0.25) is 0 Å². The summed E-state index contributed by atoms with van der Waals surface area (Å²) in [6.07, 6.45) is 7.74. The second-order valence-electron chi connectivity index (χ2n) is 8.75. The molecule has 0 heterocycles. The number of hydrogen-bond donors (Lipinski definition) is 0. The number of hydrogen-bond acceptors (Lipinski definition) is 0. The Bertz CT molecular complexity index is 824. The van der Waals surface area contributed by atoms with E-state index < -0.39 is 0 Å². The molecule has 0 aliphatic heterocycles. The molecule has 0 heteroatoms. The van der Waals surface area contributed by atoms with Gasteiger partial charge in [-0.25, -0.2) is 0 Å². The van der Waals surface area contributed by atoms with Gasteiger partial charge >= 0.3 is 0 Å². The molecule has 0 unspecified atom stereocenters. The van der Waals surface area contributed by atoms with E-state index in [1.807, 2.05) is 0 Å². The average Bonchev–Trinajstić information content (AvgIpc) is 2.66. The summed E-state index contributed by atoms with van der Waals surface area (Å²) in [4.78, 5) is 0. The lowest BCUT2D eigenvalue weighted by Crippen LogP contribution is -2.50. The van der Waals surface area contributed by atoms with Crippen molar-refractivity contribution in [2.45, 2.75) is 38.5 Å². The largest absolute Gasteiger partial charge is 0.0910 e. The van der Waals surface area contributed by atoms with Crippen molar-refractivity contribution in [1.82, 2.24) is 0 Å². The van der Waals surface area contributed by atoms with Gasteiger partial charge in [-0.15, -0.1) is 0 Å². The fourth-order valence-electron chi connectivity index (χ4n) is 6.01. The molecule has 0 saturated heterocycles. The van der Waals surface area contributed by atoms with E-state index in [4.69, 9.17) is 0 Å². The maximum Gasteiger partial charge on any atom is 0.0338 e. The van der Waals surface area contributed by atoms with Gasteiger partial charge in [0.15, 0.2) is 0 Å². The molecular formula is C26H24. The normalized spacial score (nSPS) is 33.7. The summed E-state index contributed by atoms with van der Waals surface area (Å²) in [5, 5.41) is 0. The van der Waals surface area contributed by atoms with Crippen LogP contribution in [0.15, 0.2) is 60.7 Å². The molecule has 0 spiro atoms. The third-order valence-electron chi connectivity index (χ3n) is 6.55. The second-order valence-corrected chi connectivity index (χ2v) is 8.75. The average molecular weight is 336 g/mol. The van der Waals surface area contributed by atoms with Crippen LogP contribution in [-0.4, -0.2) is 0 Å². The van der Waals surface area contributed by atoms with Crippen LogP contribution in [-0.2, 0) is 0 Å². The highest BCUT2D eigenvalue weighted by atomic mass is 14.6. The van der Waals surface area contributed by atoms with Gasteiger partial charge in [0.25, 0.3) is 0 Å². The quantitative estimate of drug-likeness (QED) is 0.543. The molecule has 4 bridgehead atoms. The van der Waals surface area contributed by atoms with Gasteiger partial charge < -0.3 is 0 Å². The first-order chi connectivity index (χ1) is 12.7. The number of benzene rings is 2. The van der Waals surface area contributed by atoms with Crippen LogP contribution < -0.4 is 0 Å². The monoisotopic (exact) mass is 336 g/mol. The van der Waals surface area contributed by atoms with Crippen molar-refractivity contribution in [3.05, 3.63) is 71.8 Å². The Kier molecular flexibility index (Phi) is 3.69. The molecule has 0 N–H and O–H groups in total. The zero-order chi connectivity index (χ0) is 17.5. The Balaban J connectivity index is 1.47. The zero-order valence-electron chi connectivity index (χ0n) is 15.2. The first-order valence-electron chi connectivity index (χ1n) is 9.89. The predicted molar refractivity (Wildman–Crippen MR) is 106 cm³/mol. The molecule has 4 fully saturated rings. The Hall–Kier alpha value is -2.44. The van der Waals surface area contributed by atoms with Crippen LogP contribution in [0.25, 0.3) is 0 Å². The SMILES string of the molecule is C(#CC12CC3CC(C1)CC(C#Cc1ccccc1)(C3)C2)c1ccccc1. The molecule has 0 aromatic heterocycles. The molecule has 2 aromatic rings. The Morgan fingerprint density at radius 1 is 0.615 bits per heavy atom. The maximum atomic E-state index is 3.75. The highest BCUT2D eigenvalue weighted by molar-refractivity contribution is 5.39. The van der Waals surface area contributed by atoms with Crippen molar-refractivity contribution in [3.8, 4) is 23.7 Å². The van der Waals surface area contributed by atoms with E-state index in [0.29, 0.717) is 0 Å². The van der Waals surface area contributed by atoms with E-state index in [-0.39, 0.29) is 10.8 Å². The highest BCUT2D eigenvalue weighted by Crippen LogP contribution is 2.64. The van der Waals surface area contributed by atoms with E-state index in [2.05, 4.69) is 84.3 Å². The fourth-order valence-corrected chi connectivity index (χ4v) is 6.01. The molecule has 4 saturated carbocycles. The topological polar surface area (TPSA) is 0 Å². The van der Waals surface area contributed by atoms with Crippen LogP contribution in [0.3, 0.4) is 0 Å². The smallest absolute Gasteiger partial charge is 0.0338 e. The van der Waals surface area contributed by atoms with Gasteiger partial charge in [-0.2, -0.15) is 0 Å². The van der Waals surface area contributed by atoms with Crippen LogP contribution in [0, 0.1) is 46.3 Å². The van der Waals surface area contributed by atoms with Crippen molar-refractivity contribution in [2.75, 3.05) is 0 Å². The zero-order valence-corrected chi connectivity index (χ0v) is 15.2. The molecule has 0 atom stereocenters. The van der Waals surface area contributed by atoms with Crippen LogP contribution >= 0.6 is 0 Å². The van der Waals surface area contributed by atoms with Crippen LogP contribution in [0.5, 0.6) is 0 Å². The van der Waals surface area contributed by atoms with Gasteiger partial charge in [0, 0.05) is 22.0 Å². The Labute approximate surface area is 157 Å². The van der Waals surface area contributed by atoms with Crippen molar-refractivity contribution in [2.24, 2.45) is 22.7 Å². The molecule has 2 aromatic carbocycles. The van der Waals surface area contributed by atoms with Gasteiger partial charge in [-0.05, 0) is 74.6 Å². The van der Waals surface area contributed by atoms with Gasteiger partial charge in [-0.1, -0.05) is 60.1 Å². The van der Waals surface area contributed by atoms with E-state index in [1.54, 1.807) is 0 Å². The first-order valence-corrected chi connectivity index (χ1v) is 9.89.